The molecule has 0 fully saturated rings. The Kier molecular flexibility index (Phi) is 6.42. The highest BCUT2D eigenvalue weighted by molar-refractivity contribution is 5.20. The maximum atomic E-state index is 3.71. The summed E-state index contributed by atoms with van der Waals surface area (Å²) in [5.41, 5.74) is 1.45. The Morgan fingerprint density at radius 3 is 2.11 bits per heavy atom. The molecular formula is C17H29N. The van der Waals surface area contributed by atoms with Crippen molar-refractivity contribution in [1.82, 2.24) is 5.32 Å². The molecule has 0 aliphatic rings. The van der Waals surface area contributed by atoms with Crippen molar-refractivity contribution >= 4 is 0 Å². The predicted octanol–water partition coefficient (Wildman–Crippen LogP) is 4.45. The molecule has 102 valence electrons. The standard InChI is InChI=1S/C17H29N/c1-6-14(4)15(5)18-12-17(13(2)3)16-10-8-7-9-11-16/h7-11,13-15,17-18H,6,12H2,1-5H3. The van der Waals surface area contributed by atoms with Gasteiger partial charge in [-0.05, 0) is 30.2 Å². The fourth-order valence-electron chi connectivity index (χ4n) is 2.31. The van der Waals surface area contributed by atoms with Gasteiger partial charge in [0.1, 0.15) is 0 Å². The number of hydrogen-bond donors (Lipinski definition) is 1. The maximum Gasteiger partial charge on any atom is 0.00645 e. The molecule has 0 aromatic heterocycles. The molecule has 0 aliphatic heterocycles. The Morgan fingerprint density at radius 2 is 1.61 bits per heavy atom. The van der Waals surface area contributed by atoms with Crippen LogP contribution in [0.4, 0.5) is 0 Å². The van der Waals surface area contributed by atoms with Crippen molar-refractivity contribution in [2.45, 2.75) is 53.0 Å². The molecule has 1 heteroatoms. The van der Waals surface area contributed by atoms with Gasteiger partial charge in [-0.15, -0.1) is 0 Å². The summed E-state index contributed by atoms with van der Waals surface area (Å²) >= 11 is 0. The van der Waals surface area contributed by atoms with Gasteiger partial charge in [-0.2, -0.15) is 0 Å². The molecule has 1 nitrogen and oxygen atoms in total. The van der Waals surface area contributed by atoms with E-state index in [4.69, 9.17) is 0 Å². The van der Waals surface area contributed by atoms with Gasteiger partial charge in [0.15, 0.2) is 0 Å². The van der Waals surface area contributed by atoms with E-state index in [-0.39, 0.29) is 0 Å². The molecule has 0 radical (unpaired) electrons. The molecule has 1 aromatic rings. The van der Waals surface area contributed by atoms with Gasteiger partial charge >= 0.3 is 0 Å². The van der Waals surface area contributed by atoms with E-state index in [1.807, 2.05) is 0 Å². The summed E-state index contributed by atoms with van der Waals surface area (Å²) in [6.45, 7) is 12.6. The van der Waals surface area contributed by atoms with Crippen LogP contribution < -0.4 is 5.32 Å². The summed E-state index contributed by atoms with van der Waals surface area (Å²) in [7, 11) is 0. The Bertz CT molecular complexity index is 318. The van der Waals surface area contributed by atoms with Crippen molar-refractivity contribution in [3.05, 3.63) is 35.9 Å². The molecule has 1 aromatic carbocycles. The van der Waals surface area contributed by atoms with Crippen LogP contribution in [0.1, 0.15) is 52.5 Å². The molecule has 0 heterocycles. The smallest absolute Gasteiger partial charge is 0.00645 e. The van der Waals surface area contributed by atoms with E-state index in [2.05, 4.69) is 70.3 Å². The van der Waals surface area contributed by atoms with Crippen LogP contribution in [-0.2, 0) is 0 Å². The number of nitrogens with one attached hydrogen (secondary N) is 1. The van der Waals surface area contributed by atoms with E-state index in [0.29, 0.717) is 17.9 Å². The summed E-state index contributed by atoms with van der Waals surface area (Å²) in [6, 6.07) is 11.5. The molecule has 18 heavy (non-hydrogen) atoms. The van der Waals surface area contributed by atoms with Crippen molar-refractivity contribution in [3.63, 3.8) is 0 Å². The highest BCUT2D eigenvalue weighted by Crippen LogP contribution is 2.23. The van der Waals surface area contributed by atoms with Crippen molar-refractivity contribution in [2.24, 2.45) is 11.8 Å². The minimum Gasteiger partial charge on any atom is -0.313 e. The van der Waals surface area contributed by atoms with Crippen LogP contribution in [0.25, 0.3) is 0 Å². The topological polar surface area (TPSA) is 12.0 Å². The second kappa shape index (κ2) is 7.58. The quantitative estimate of drug-likeness (QED) is 0.750. The second-order valence-corrected chi connectivity index (χ2v) is 5.84. The monoisotopic (exact) mass is 247 g/mol. The van der Waals surface area contributed by atoms with Crippen LogP contribution in [-0.4, -0.2) is 12.6 Å². The van der Waals surface area contributed by atoms with E-state index in [1.54, 1.807) is 0 Å². The molecule has 0 saturated heterocycles. The van der Waals surface area contributed by atoms with E-state index in [1.165, 1.54) is 12.0 Å². The molecule has 0 amide bonds. The Morgan fingerprint density at radius 1 is 1.00 bits per heavy atom. The van der Waals surface area contributed by atoms with E-state index >= 15 is 0 Å². The first-order valence-electron chi connectivity index (χ1n) is 7.34. The van der Waals surface area contributed by atoms with Crippen LogP contribution >= 0.6 is 0 Å². The Labute approximate surface area is 113 Å². The average Bonchev–Trinajstić information content (AvgIpc) is 2.38. The van der Waals surface area contributed by atoms with Crippen LogP contribution in [0.2, 0.25) is 0 Å². The number of rotatable bonds is 7. The molecule has 0 saturated carbocycles. The van der Waals surface area contributed by atoms with E-state index in [0.717, 1.165) is 12.5 Å². The predicted molar refractivity (Wildman–Crippen MR) is 80.9 cm³/mol. The van der Waals surface area contributed by atoms with Gasteiger partial charge in [-0.25, -0.2) is 0 Å². The minimum atomic E-state index is 0.597. The maximum absolute atomic E-state index is 3.71. The van der Waals surface area contributed by atoms with Gasteiger partial charge in [0, 0.05) is 12.6 Å². The lowest BCUT2D eigenvalue weighted by molar-refractivity contribution is 0.359. The van der Waals surface area contributed by atoms with Gasteiger partial charge in [0.05, 0.1) is 0 Å². The van der Waals surface area contributed by atoms with Crippen LogP contribution in [0.3, 0.4) is 0 Å². The average molecular weight is 247 g/mol. The van der Waals surface area contributed by atoms with Gasteiger partial charge in [0.2, 0.25) is 0 Å². The molecule has 1 rings (SSSR count). The van der Waals surface area contributed by atoms with Crippen molar-refractivity contribution in [3.8, 4) is 0 Å². The van der Waals surface area contributed by atoms with E-state index < -0.39 is 0 Å². The molecule has 0 aliphatic carbocycles. The highest BCUT2D eigenvalue weighted by atomic mass is 14.9. The molecule has 3 unspecified atom stereocenters. The van der Waals surface area contributed by atoms with Crippen molar-refractivity contribution in [1.29, 1.82) is 0 Å². The summed E-state index contributed by atoms with van der Waals surface area (Å²) in [4.78, 5) is 0. The molecule has 3 atom stereocenters. The number of benzene rings is 1. The van der Waals surface area contributed by atoms with Gasteiger partial charge in [-0.3, -0.25) is 0 Å². The molecule has 0 spiro atoms. The molecule has 1 N–H and O–H groups in total. The third-order valence-electron chi connectivity index (χ3n) is 4.19. The normalized spacial score (nSPS) is 16.6. The summed E-state index contributed by atoms with van der Waals surface area (Å²) in [6.07, 6.45) is 1.24. The lowest BCUT2D eigenvalue weighted by Gasteiger charge is -2.26. The molecular weight excluding hydrogens is 218 g/mol. The largest absolute Gasteiger partial charge is 0.313 e. The zero-order valence-corrected chi connectivity index (χ0v) is 12.6. The lowest BCUT2D eigenvalue weighted by atomic mass is 9.88. The third kappa shape index (κ3) is 4.45. The van der Waals surface area contributed by atoms with Crippen molar-refractivity contribution in [2.75, 3.05) is 6.54 Å². The van der Waals surface area contributed by atoms with Gasteiger partial charge in [0.25, 0.3) is 0 Å². The van der Waals surface area contributed by atoms with Gasteiger partial charge in [-0.1, -0.05) is 64.4 Å². The van der Waals surface area contributed by atoms with Crippen LogP contribution in [0, 0.1) is 11.8 Å². The first kappa shape index (κ1) is 15.2. The Balaban J connectivity index is 2.60. The zero-order valence-electron chi connectivity index (χ0n) is 12.6. The summed E-state index contributed by atoms with van der Waals surface area (Å²) in [5, 5.41) is 3.71. The van der Waals surface area contributed by atoms with Crippen molar-refractivity contribution < 1.29 is 0 Å². The van der Waals surface area contributed by atoms with E-state index in [9.17, 15) is 0 Å². The summed E-state index contributed by atoms with van der Waals surface area (Å²) < 4.78 is 0. The first-order chi connectivity index (χ1) is 8.56. The fourth-order valence-corrected chi connectivity index (χ4v) is 2.31. The zero-order chi connectivity index (χ0) is 13.5. The second-order valence-electron chi connectivity index (χ2n) is 5.84. The van der Waals surface area contributed by atoms with Crippen LogP contribution in [0.15, 0.2) is 30.3 Å². The third-order valence-corrected chi connectivity index (χ3v) is 4.19. The molecule has 0 bridgehead atoms. The summed E-state index contributed by atoms with van der Waals surface area (Å²) in [5.74, 6) is 2.02. The number of hydrogen-bond acceptors (Lipinski definition) is 1. The Hall–Kier alpha value is -0.820. The van der Waals surface area contributed by atoms with Crippen LogP contribution in [0.5, 0.6) is 0 Å². The van der Waals surface area contributed by atoms with Gasteiger partial charge < -0.3 is 5.32 Å². The highest BCUT2D eigenvalue weighted by Gasteiger charge is 2.17. The lowest BCUT2D eigenvalue weighted by Crippen LogP contribution is -2.36. The SMILES string of the molecule is CCC(C)C(C)NCC(c1ccccc1)C(C)C. The fraction of sp³-hybridized carbons (Fsp3) is 0.647. The minimum absolute atomic E-state index is 0.597. The first-order valence-corrected chi connectivity index (χ1v) is 7.34.